The number of carbonyl (C=O) groups is 2. The molecule has 1 heterocycles. The Kier molecular flexibility index (Phi) is 5.66. The van der Waals surface area contributed by atoms with Crippen molar-refractivity contribution in [1.82, 2.24) is 15.3 Å². The van der Waals surface area contributed by atoms with Gasteiger partial charge in [-0.05, 0) is 45.4 Å². The van der Waals surface area contributed by atoms with Gasteiger partial charge in [0, 0.05) is 26.2 Å². The molecule has 0 saturated carbocycles. The van der Waals surface area contributed by atoms with Crippen molar-refractivity contribution in [2.45, 2.75) is 33.3 Å². The first-order chi connectivity index (χ1) is 11.2. The molecule has 2 amide bonds. The topological polar surface area (TPSA) is 71.1 Å². The predicted molar refractivity (Wildman–Crippen MR) is 89.7 cm³/mol. The van der Waals surface area contributed by atoms with Gasteiger partial charge in [-0.15, -0.1) is 0 Å². The van der Waals surface area contributed by atoms with E-state index in [1.165, 1.54) is 0 Å². The minimum absolute atomic E-state index is 0.377. The average Bonchev–Trinajstić information content (AvgIpc) is 2.45. The zero-order chi connectivity index (χ0) is 17.7. The number of amides is 2. The number of rotatable bonds is 2. The van der Waals surface area contributed by atoms with Crippen molar-refractivity contribution in [3.63, 3.8) is 0 Å². The molecule has 1 aromatic rings. The Hall–Kier alpha value is -2.28. The van der Waals surface area contributed by atoms with Crippen LogP contribution in [-0.2, 0) is 4.74 Å². The monoisotopic (exact) mass is 335 g/mol. The second kappa shape index (κ2) is 7.53. The van der Waals surface area contributed by atoms with Crippen LogP contribution in [0, 0.1) is 6.92 Å². The second-order valence-corrected chi connectivity index (χ2v) is 6.77. The fourth-order valence-electron chi connectivity index (χ4n) is 2.28. The van der Waals surface area contributed by atoms with Crippen molar-refractivity contribution in [2.24, 2.45) is 0 Å². The lowest BCUT2D eigenvalue weighted by atomic mass is 10.2. The number of hydrogen-bond donors (Lipinski definition) is 1. The van der Waals surface area contributed by atoms with Crippen LogP contribution in [0.3, 0.4) is 0 Å². The smallest absolute Gasteiger partial charge is 0.422 e. The highest BCUT2D eigenvalue weighted by Crippen LogP contribution is 2.14. The molecular formula is C17H25N3O4. The van der Waals surface area contributed by atoms with E-state index in [0.29, 0.717) is 31.9 Å². The largest absolute Gasteiger partial charge is 0.443 e. The van der Waals surface area contributed by atoms with Crippen LogP contribution in [0.15, 0.2) is 24.3 Å². The number of nitrogens with one attached hydrogen (secondary N) is 1. The van der Waals surface area contributed by atoms with Gasteiger partial charge in [0.25, 0.3) is 0 Å². The van der Waals surface area contributed by atoms with Crippen LogP contribution in [0.4, 0.5) is 9.59 Å². The van der Waals surface area contributed by atoms with Crippen LogP contribution in [0.2, 0.25) is 0 Å². The standard InChI is InChI=1S/C17H25N3O4/c1-13-6-5-7-14(12-13)23-16(22)19-8-10-20(11-9-19)18-15(21)24-17(2,3)4/h5-7,12H,8-11H2,1-4H3,(H,18,21). The predicted octanol–water partition coefficient (Wildman–Crippen LogP) is 2.55. The molecule has 0 radical (unpaired) electrons. The molecule has 2 rings (SSSR count). The Balaban J connectivity index is 1.78. The van der Waals surface area contributed by atoms with Crippen LogP contribution >= 0.6 is 0 Å². The summed E-state index contributed by atoms with van der Waals surface area (Å²) < 4.78 is 10.6. The van der Waals surface area contributed by atoms with Crippen LogP contribution in [-0.4, -0.2) is 53.9 Å². The fourth-order valence-corrected chi connectivity index (χ4v) is 2.28. The number of ether oxygens (including phenoxy) is 2. The summed E-state index contributed by atoms with van der Waals surface area (Å²) in [6.45, 7) is 9.35. The highest BCUT2D eigenvalue weighted by Gasteiger charge is 2.25. The number of hydrogen-bond acceptors (Lipinski definition) is 5. The minimum atomic E-state index is -0.538. The molecule has 24 heavy (non-hydrogen) atoms. The van der Waals surface area contributed by atoms with Crippen molar-refractivity contribution < 1.29 is 19.1 Å². The third-order valence-corrected chi connectivity index (χ3v) is 3.38. The minimum Gasteiger partial charge on any atom is -0.443 e. The zero-order valence-corrected chi connectivity index (χ0v) is 14.7. The maximum absolute atomic E-state index is 12.2. The molecule has 132 valence electrons. The van der Waals surface area contributed by atoms with E-state index in [1.54, 1.807) is 16.0 Å². The summed E-state index contributed by atoms with van der Waals surface area (Å²) in [4.78, 5) is 25.5. The van der Waals surface area contributed by atoms with Gasteiger partial charge < -0.3 is 14.4 Å². The van der Waals surface area contributed by atoms with Gasteiger partial charge in [-0.3, -0.25) is 5.43 Å². The Bertz CT molecular complexity index is 590. The molecule has 0 spiro atoms. The van der Waals surface area contributed by atoms with Gasteiger partial charge >= 0.3 is 12.2 Å². The van der Waals surface area contributed by atoms with Crippen molar-refractivity contribution >= 4 is 12.2 Å². The number of benzene rings is 1. The maximum Gasteiger partial charge on any atom is 0.422 e. The van der Waals surface area contributed by atoms with Crippen molar-refractivity contribution in [2.75, 3.05) is 26.2 Å². The van der Waals surface area contributed by atoms with E-state index in [4.69, 9.17) is 9.47 Å². The zero-order valence-electron chi connectivity index (χ0n) is 14.7. The third-order valence-electron chi connectivity index (χ3n) is 3.38. The normalized spacial score (nSPS) is 15.8. The molecule has 0 aromatic heterocycles. The lowest BCUT2D eigenvalue weighted by Gasteiger charge is -2.34. The quantitative estimate of drug-likeness (QED) is 0.899. The van der Waals surface area contributed by atoms with Gasteiger partial charge in [-0.1, -0.05) is 12.1 Å². The van der Waals surface area contributed by atoms with Gasteiger partial charge in [0.05, 0.1) is 0 Å². The molecule has 1 aliphatic heterocycles. The molecule has 0 unspecified atom stereocenters. The molecule has 0 atom stereocenters. The summed E-state index contributed by atoms with van der Waals surface area (Å²) in [5, 5.41) is 1.74. The first kappa shape index (κ1) is 18.1. The molecule has 1 N–H and O–H groups in total. The highest BCUT2D eigenvalue weighted by molar-refractivity contribution is 5.71. The SMILES string of the molecule is Cc1cccc(OC(=O)N2CCN(NC(=O)OC(C)(C)C)CC2)c1. The van der Waals surface area contributed by atoms with Gasteiger partial charge in [-0.2, -0.15) is 0 Å². The third kappa shape index (κ3) is 5.73. The molecule has 1 saturated heterocycles. The molecule has 7 nitrogen and oxygen atoms in total. The number of hydrazine groups is 1. The Morgan fingerprint density at radius 2 is 1.79 bits per heavy atom. The number of carbonyl (C=O) groups excluding carboxylic acids is 2. The lowest BCUT2D eigenvalue weighted by molar-refractivity contribution is 0.0237. The molecule has 1 aliphatic rings. The van der Waals surface area contributed by atoms with E-state index in [1.807, 2.05) is 45.9 Å². The number of aryl methyl sites for hydroxylation is 1. The summed E-state index contributed by atoms with van der Waals surface area (Å²) >= 11 is 0. The van der Waals surface area contributed by atoms with Crippen LogP contribution in [0.5, 0.6) is 5.75 Å². The van der Waals surface area contributed by atoms with Crippen molar-refractivity contribution in [3.05, 3.63) is 29.8 Å². The van der Waals surface area contributed by atoms with E-state index in [0.717, 1.165) is 5.56 Å². The Labute approximate surface area is 142 Å². The molecule has 0 aliphatic carbocycles. The van der Waals surface area contributed by atoms with Crippen LogP contribution in [0.1, 0.15) is 26.3 Å². The molecule has 1 aromatic carbocycles. The first-order valence-corrected chi connectivity index (χ1v) is 8.01. The summed E-state index contributed by atoms with van der Waals surface area (Å²) in [6.07, 6.45) is -0.865. The number of piperazine rings is 1. The highest BCUT2D eigenvalue weighted by atomic mass is 16.6. The Morgan fingerprint density at radius 1 is 1.12 bits per heavy atom. The fraction of sp³-hybridized carbons (Fsp3) is 0.529. The van der Waals surface area contributed by atoms with E-state index in [2.05, 4.69) is 5.43 Å². The lowest BCUT2D eigenvalue weighted by Crippen LogP contribution is -2.55. The average molecular weight is 335 g/mol. The number of nitrogens with zero attached hydrogens (tertiary/aromatic N) is 2. The maximum atomic E-state index is 12.2. The van der Waals surface area contributed by atoms with E-state index < -0.39 is 11.7 Å². The Morgan fingerprint density at radius 3 is 2.38 bits per heavy atom. The van der Waals surface area contributed by atoms with Gasteiger partial charge in [-0.25, -0.2) is 14.6 Å². The summed E-state index contributed by atoms with van der Waals surface area (Å²) in [7, 11) is 0. The van der Waals surface area contributed by atoms with Crippen LogP contribution in [0.25, 0.3) is 0 Å². The summed E-state index contributed by atoms with van der Waals surface area (Å²) in [5.41, 5.74) is 3.18. The molecule has 0 bridgehead atoms. The van der Waals surface area contributed by atoms with Crippen molar-refractivity contribution in [1.29, 1.82) is 0 Å². The van der Waals surface area contributed by atoms with Crippen LogP contribution < -0.4 is 10.2 Å². The molecule has 1 fully saturated rings. The van der Waals surface area contributed by atoms with E-state index >= 15 is 0 Å². The molecular weight excluding hydrogens is 310 g/mol. The summed E-state index contributed by atoms with van der Waals surface area (Å²) in [5.74, 6) is 0.536. The molecule has 7 heteroatoms. The van der Waals surface area contributed by atoms with Crippen molar-refractivity contribution in [3.8, 4) is 5.75 Å². The van der Waals surface area contributed by atoms with E-state index in [-0.39, 0.29) is 6.09 Å². The second-order valence-electron chi connectivity index (χ2n) is 6.77. The van der Waals surface area contributed by atoms with E-state index in [9.17, 15) is 9.59 Å². The van der Waals surface area contributed by atoms with Gasteiger partial charge in [0.2, 0.25) is 0 Å². The van der Waals surface area contributed by atoms with Gasteiger partial charge in [0.15, 0.2) is 0 Å². The first-order valence-electron chi connectivity index (χ1n) is 8.01. The summed E-state index contributed by atoms with van der Waals surface area (Å²) in [6, 6.07) is 7.36. The van der Waals surface area contributed by atoms with Gasteiger partial charge in [0.1, 0.15) is 11.4 Å².